The molecule has 210 valence electrons. The van der Waals surface area contributed by atoms with Crippen molar-refractivity contribution >= 4 is 20.0 Å². The van der Waals surface area contributed by atoms with Crippen molar-refractivity contribution < 1.29 is 35.8 Å². The number of rotatable bonds is 10. The predicted octanol–water partition coefficient (Wildman–Crippen LogP) is 1.38. The van der Waals surface area contributed by atoms with Crippen molar-refractivity contribution in [3.05, 3.63) is 53.8 Å². The van der Waals surface area contributed by atoms with Crippen LogP contribution in [-0.2, 0) is 24.8 Å². The second-order valence-corrected chi connectivity index (χ2v) is 13.6. The molecule has 0 aliphatic carbocycles. The van der Waals surface area contributed by atoms with Gasteiger partial charge in [-0.1, -0.05) is 12.1 Å². The third kappa shape index (κ3) is 6.53. The number of aryl methyl sites for hydroxylation is 1. The molecule has 38 heavy (non-hydrogen) atoms. The molecule has 2 aliphatic heterocycles. The van der Waals surface area contributed by atoms with Gasteiger partial charge in [-0.2, -0.15) is 4.31 Å². The Morgan fingerprint density at radius 1 is 1.18 bits per heavy atom. The van der Waals surface area contributed by atoms with E-state index in [1.165, 1.54) is 41.7 Å². The van der Waals surface area contributed by atoms with Gasteiger partial charge in [0.05, 0.1) is 17.1 Å². The molecule has 10 nitrogen and oxygen atoms in total. The van der Waals surface area contributed by atoms with Crippen LogP contribution in [0.1, 0.15) is 24.8 Å². The van der Waals surface area contributed by atoms with Crippen LogP contribution < -0.4 is 14.8 Å². The zero-order valence-corrected chi connectivity index (χ0v) is 23.0. The minimum atomic E-state index is -3.93. The van der Waals surface area contributed by atoms with Crippen LogP contribution >= 0.6 is 0 Å². The zero-order valence-electron chi connectivity index (χ0n) is 21.4. The second kappa shape index (κ2) is 11.5. The number of nitrogens with one attached hydrogen (secondary N) is 2. The zero-order chi connectivity index (χ0) is 27.6. The molecule has 2 heterocycles. The van der Waals surface area contributed by atoms with Crippen LogP contribution in [0.2, 0.25) is 0 Å². The SMILES string of the molecule is CNS(=O)(=O)c1cccc(OC[C@@H](O)CN[C@@H]2COC3(CCN(S(=O)(=O)c4cc(C)ccc4F)CC3)C2)c1. The van der Waals surface area contributed by atoms with Crippen LogP contribution in [0.5, 0.6) is 5.75 Å². The molecule has 13 heteroatoms. The van der Waals surface area contributed by atoms with Gasteiger partial charge in [-0.15, -0.1) is 0 Å². The summed E-state index contributed by atoms with van der Waals surface area (Å²) in [6, 6.07) is 10.1. The molecule has 2 saturated heterocycles. The molecule has 0 unspecified atom stereocenters. The summed E-state index contributed by atoms with van der Waals surface area (Å²) in [6.45, 7) is 2.84. The van der Waals surface area contributed by atoms with Crippen molar-refractivity contribution in [3.63, 3.8) is 0 Å². The monoisotopic (exact) mass is 571 g/mol. The number of hydrogen-bond acceptors (Lipinski definition) is 8. The summed E-state index contributed by atoms with van der Waals surface area (Å²) in [6.07, 6.45) is 0.814. The molecule has 4 rings (SSSR count). The summed E-state index contributed by atoms with van der Waals surface area (Å²) >= 11 is 0. The van der Waals surface area contributed by atoms with E-state index in [2.05, 4.69) is 10.0 Å². The minimum Gasteiger partial charge on any atom is -0.491 e. The highest BCUT2D eigenvalue weighted by Gasteiger charge is 2.45. The number of aliphatic hydroxyl groups is 1. The molecule has 2 fully saturated rings. The standard InChI is InChI=1S/C25H34FN3O7S2/c1-18-6-7-23(26)24(12-18)38(33,34)29-10-8-25(9-11-29)14-19(16-36-25)28-15-20(30)17-35-21-4-3-5-22(13-21)37(31,32)27-2/h3-7,12-13,19-20,27-28,30H,8-11,14-17H2,1-2H3/t19-,20-/m0/s1. The summed E-state index contributed by atoms with van der Waals surface area (Å²) < 4.78 is 79.4. The fourth-order valence-corrected chi connectivity index (χ4v) is 7.16. The number of piperidine rings is 1. The number of hydrogen-bond donors (Lipinski definition) is 3. The second-order valence-electron chi connectivity index (χ2n) is 9.79. The van der Waals surface area contributed by atoms with Gasteiger partial charge >= 0.3 is 0 Å². The lowest BCUT2D eigenvalue weighted by molar-refractivity contribution is -0.0312. The highest BCUT2D eigenvalue weighted by Crippen LogP contribution is 2.37. The van der Waals surface area contributed by atoms with Gasteiger partial charge in [-0.05, 0) is 63.1 Å². The maximum atomic E-state index is 14.3. The fourth-order valence-electron chi connectivity index (χ4n) is 4.81. The number of benzene rings is 2. The number of ether oxygens (including phenoxy) is 2. The number of aliphatic hydroxyl groups excluding tert-OH is 1. The van der Waals surface area contributed by atoms with Crippen LogP contribution in [0.3, 0.4) is 0 Å². The average molecular weight is 572 g/mol. The molecule has 3 N–H and O–H groups in total. The van der Waals surface area contributed by atoms with E-state index in [0.717, 1.165) is 0 Å². The van der Waals surface area contributed by atoms with E-state index in [-0.39, 0.29) is 42.1 Å². The largest absolute Gasteiger partial charge is 0.491 e. The number of halogens is 1. The lowest BCUT2D eigenvalue weighted by atomic mass is 9.88. The summed E-state index contributed by atoms with van der Waals surface area (Å²) in [5.74, 6) is -0.425. The Hall–Kier alpha value is -2.13. The molecule has 0 aromatic heterocycles. The normalized spacial score (nSPS) is 21.0. The molecule has 0 amide bonds. The van der Waals surface area contributed by atoms with E-state index in [0.29, 0.717) is 37.2 Å². The summed E-state index contributed by atoms with van der Waals surface area (Å²) in [4.78, 5) is -0.228. The maximum Gasteiger partial charge on any atom is 0.245 e. The van der Waals surface area contributed by atoms with E-state index < -0.39 is 37.6 Å². The Morgan fingerprint density at radius 3 is 2.63 bits per heavy atom. The van der Waals surface area contributed by atoms with Gasteiger partial charge in [0.15, 0.2) is 0 Å². The summed E-state index contributed by atoms with van der Waals surface area (Å²) in [7, 11) is -6.20. The number of sulfonamides is 2. The third-order valence-electron chi connectivity index (χ3n) is 7.02. The van der Waals surface area contributed by atoms with Crippen molar-refractivity contribution in [1.29, 1.82) is 0 Å². The molecule has 2 atom stereocenters. The van der Waals surface area contributed by atoms with Crippen LogP contribution in [0.4, 0.5) is 4.39 Å². The van der Waals surface area contributed by atoms with Crippen molar-refractivity contribution in [2.24, 2.45) is 0 Å². The topological polar surface area (TPSA) is 134 Å². The van der Waals surface area contributed by atoms with Gasteiger partial charge in [0, 0.05) is 31.7 Å². The van der Waals surface area contributed by atoms with Gasteiger partial charge in [0.25, 0.3) is 0 Å². The van der Waals surface area contributed by atoms with Crippen LogP contribution in [-0.4, -0.2) is 83.9 Å². The predicted molar refractivity (Wildman–Crippen MR) is 138 cm³/mol. The number of nitrogens with zero attached hydrogens (tertiary/aromatic N) is 1. The average Bonchev–Trinajstić information content (AvgIpc) is 3.30. The Kier molecular flexibility index (Phi) is 8.77. The fraction of sp³-hybridized carbons (Fsp3) is 0.520. The van der Waals surface area contributed by atoms with Crippen molar-refractivity contribution in [2.75, 3.05) is 39.9 Å². The van der Waals surface area contributed by atoms with Crippen LogP contribution in [0, 0.1) is 12.7 Å². The highest BCUT2D eigenvalue weighted by atomic mass is 32.2. The van der Waals surface area contributed by atoms with Crippen molar-refractivity contribution in [1.82, 2.24) is 14.3 Å². The molecule has 2 aromatic carbocycles. The Bertz CT molecular complexity index is 1350. The van der Waals surface area contributed by atoms with Gasteiger partial charge in [0.1, 0.15) is 29.2 Å². The Balaban J connectivity index is 1.24. The van der Waals surface area contributed by atoms with E-state index in [1.807, 2.05) is 0 Å². The van der Waals surface area contributed by atoms with E-state index in [9.17, 15) is 26.3 Å². The smallest absolute Gasteiger partial charge is 0.245 e. The van der Waals surface area contributed by atoms with E-state index in [1.54, 1.807) is 19.1 Å². The molecule has 2 aliphatic rings. The summed E-state index contributed by atoms with van der Waals surface area (Å²) in [5.41, 5.74) is 0.213. The molecule has 0 radical (unpaired) electrons. The first-order valence-corrected chi connectivity index (χ1v) is 15.3. The van der Waals surface area contributed by atoms with Crippen molar-refractivity contribution in [3.8, 4) is 5.75 Å². The molecule has 2 aromatic rings. The van der Waals surface area contributed by atoms with E-state index >= 15 is 0 Å². The molecule has 1 spiro atoms. The molecule has 0 saturated carbocycles. The highest BCUT2D eigenvalue weighted by molar-refractivity contribution is 7.89. The van der Waals surface area contributed by atoms with Gasteiger partial charge in [-0.25, -0.2) is 25.9 Å². The van der Waals surface area contributed by atoms with Gasteiger partial charge in [-0.3, -0.25) is 0 Å². The Labute approximate surface area is 223 Å². The maximum absolute atomic E-state index is 14.3. The quantitative estimate of drug-likeness (QED) is 0.390. The molecular formula is C25H34FN3O7S2. The van der Waals surface area contributed by atoms with E-state index in [4.69, 9.17) is 9.47 Å². The molecule has 0 bridgehead atoms. The van der Waals surface area contributed by atoms with Gasteiger partial charge < -0.3 is 19.9 Å². The lowest BCUT2D eigenvalue weighted by Gasteiger charge is -2.38. The minimum absolute atomic E-state index is 0.0221. The molecular weight excluding hydrogens is 537 g/mol. The van der Waals surface area contributed by atoms with Crippen molar-refractivity contribution in [2.45, 2.75) is 53.7 Å². The van der Waals surface area contributed by atoms with Gasteiger partial charge in [0.2, 0.25) is 20.0 Å². The summed E-state index contributed by atoms with van der Waals surface area (Å²) in [5, 5.41) is 13.6. The first-order valence-electron chi connectivity index (χ1n) is 12.4. The third-order valence-corrected chi connectivity index (χ3v) is 10.3. The first kappa shape index (κ1) is 28.9. The Morgan fingerprint density at radius 2 is 1.92 bits per heavy atom. The first-order chi connectivity index (χ1) is 17.9. The van der Waals surface area contributed by atoms with Crippen LogP contribution in [0.15, 0.2) is 52.3 Å². The van der Waals surface area contributed by atoms with Crippen LogP contribution in [0.25, 0.3) is 0 Å². The lowest BCUT2D eigenvalue weighted by Crippen LogP contribution is -2.47.